The van der Waals surface area contributed by atoms with Gasteiger partial charge in [-0.3, -0.25) is 0 Å². The van der Waals surface area contributed by atoms with Crippen molar-refractivity contribution in [3.05, 3.63) is 0 Å². The van der Waals surface area contributed by atoms with Crippen LogP contribution in [0.5, 0.6) is 0 Å². The highest BCUT2D eigenvalue weighted by Gasteiger charge is 2.49. The van der Waals surface area contributed by atoms with Gasteiger partial charge in [0.1, 0.15) is 58.4 Å². The highest BCUT2D eigenvalue weighted by Crippen LogP contribution is 2.27. The quantitative estimate of drug-likeness (QED) is 0.227. The second-order valence-corrected chi connectivity index (χ2v) is 14.4. The number of epoxide rings is 1. The molecule has 1 aliphatic rings. The van der Waals surface area contributed by atoms with Crippen molar-refractivity contribution in [2.24, 2.45) is 0 Å². The summed E-state index contributed by atoms with van der Waals surface area (Å²) in [5.41, 5.74) is -1.65. The number of carbonyl (C=O) groups excluding carboxylic acids is 2. The number of esters is 2. The fraction of sp³-hybridized carbons (Fsp3) is 0.875. The molecule has 0 N–H and O–H groups in total. The summed E-state index contributed by atoms with van der Waals surface area (Å²) >= 11 is 9.05. The van der Waals surface area contributed by atoms with Crippen LogP contribution in [0.1, 0.15) is 42.0 Å². The van der Waals surface area contributed by atoms with E-state index >= 15 is 0 Å². The van der Waals surface area contributed by atoms with E-state index in [4.69, 9.17) is 18.9 Å². The fourth-order valence-electron chi connectivity index (χ4n) is 1.40. The van der Waals surface area contributed by atoms with Gasteiger partial charge in [-0.1, -0.05) is 21.8 Å². The van der Waals surface area contributed by atoms with E-state index in [0.717, 1.165) is 19.0 Å². The molecule has 1 heterocycles. The predicted molar refractivity (Wildman–Crippen MR) is 128 cm³/mol. The maximum absolute atomic E-state index is 11.5. The van der Waals surface area contributed by atoms with Crippen LogP contribution in [0.25, 0.3) is 0 Å². The SMILES string of the molecule is C.C.CC1(C(=O)OCC[P+]([O-])=S=S)CO1.CCC(C)(OC)C(=O)OCC[P+]([O-])=S=S. The summed E-state index contributed by atoms with van der Waals surface area (Å²) in [5.74, 6) is -0.810. The van der Waals surface area contributed by atoms with Crippen LogP contribution in [-0.4, -0.2) is 62.4 Å². The Bertz CT molecular complexity index is 656. The second kappa shape index (κ2) is 17.8. The van der Waals surface area contributed by atoms with Crippen LogP contribution in [0.2, 0.25) is 0 Å². The van der Waals surface area contributed by atoms with Gasteiger partial charge in [0, 0.05) is 29.5 Å². The van der Waals surface area contributed by atoms with Crippen molar-refractivity contribution in [1.82, 2.24) is 0 Å². The maximum Gasteiger partial charge on any atom is 0.340 e. The summed E-state index contributed by atoms with van der Waals surface area (Å²) in [4.78, 5) is 44.5. The van der Waals surface area contributed by atoms with Gasteiger partial charge in [0.2, 0.25) is 0 Å². The van der Waals surface area contributed by atoms with Crippen molar-refractivity contribution >= 4 is 67.2 Å². The topological polar surface area (TPSA) is 120 Å². The molecule has 0 amide bonds. The molecule has 0 aliphatic carbocycles. The van der Waals surface area contributed by atoms with E-state index < -0.39 is 31.0 Å². The van der Waals surface area contributed by atoms with Gasteiger partial charge in [0.05, 0.1) is 6.61 Å². The summed E-state index contributed by atoms with van der Waals surface area (Å²) in [5, 5.41) is 0. The Balaban J connectivity index is -0.000000458. The molecule has 178 valence electrons. The number of methoxy groups -OCH3 is 1. The zero-order valence-corrected chi connectivity index (χ0v) is 21.1. The maximum atomic E-state index is 11.5. The normalized spacial score (nSPS) is 19.1. The first-order valence-electron chi connectivity index (χ1n) is 8.11. The van der Waals surface area contributed by atoms with Gasteiger partial charge >= 0.3 is 11.9 Å². The predicted octanol–water partition coefficient (Wildman–Crippen LogP) is 1.37. The first kappa shape index (κ1) is 34.9. The van der Waals surface area contributed by atoms with Crippen molar-refractivity contribution in [3.63, 3.8) is 0 Å². The minimum atomic E-state index is -1.49. The molecule has 0 aromatic carbocycles. The highest BCUT2D eigenvalue weighted by molar-refractivity contribution is 8.34. The summed E-state index contributed by atoms with van der Waals surface area (Å²) in [6, 6.07) is 0. The van der Waals surface area contributed by atoms with Gasteiger partial charge in [0.25, 0.3) is 0 Å². The van der Waals surface area contributed by atoms with Gasteiger partial charge in [0.15, 0.2) is 11.2 Å². The van der Waals surface area contributed by atoms with Gasteiger partial charge in [-0.05, 0) is 20.3 Å². The third-order valence-corrected chi connectivity index (χ3v) is 10.3. The first-order valence-corrected chi connectivity index (χ1v) is 15.7. The Morgan fingerprint density at radius 2 is 1.57 bits per heavy atom. The van der Waals surface area contributed by atoms with E-state index in [1.165, 1.54) is 7.11 Å². The summed E-state index contributed by atoms with van der Waals surface area (Å²) < 4.78 is 19.7. The van der Waals surface area contributed by atoms with E-state index in [9.17, 15) is 19.4 Å². The molecule has 1 fully saturated rings. The minimum absolute atomic E-state index is 0. The lowest BCUT2D eigenvalue weighted by molar-refractivity contribution is -0.167. The van der Waals surface area contributed by atoms with Crippen LogP contribution >= 0.6 is 13.8 Å². The zero-order chi connectivity index (χ0) is 21.8. The van der Waals surface area contributed by atoms with Crippen LogP contribution in [0, 0.1) is 0 Å². The molecule has 30 heavy (non-hydrogen) atoms. The summed E-state index contributed by atoms with van der Waals surface area (Å²) in [6.45, 7) is 2.90. The monoisotopic (exact) mass is 542 g/mol. The van der Waals surface area contributed by atoms with Crippen LogP contribution in [-0.2, 0) is 69.9 Å². The van der Waals surface area contributed by atoms with E-state index in [1.54, 1.807) is 13.8 Å². The van der Waals surface area contributed by atoms with Gasteiger partial charge in [-0.2, -0.15) is 0 Å². The second-order valence-electron chi connectivity index (χ2n) is 5.84. The lowest BCUT2D eigenvalue weighted by Crippen LogP contribution is -2.38. The molecule has 0 spiro atoms. The first-order chi connectivity index (χ1) is 13.1. The number of hydrogen-bond donors (Lipinski definition) is 0. The van der Waals surface area contributed by atoms with E-state index in [2.05, 4.69) is 22.4 Å². The van der Waals surface area contributed by atoms with Crippen molar-refractivity contribution in [1.29, 1.82) is 0 Å². The molecule has 4 unspecified atom stereocenters. The van der Waals surface area contributed by atoms with Crippen LogP contribution in [0.15, 0.2) is 0 Å². The Morgan fingerprint density at radius 3 is 1.90 bits per heavy atom. The minimum Gasteiger partial charge on any atom is -0.620 e. The van der Waals surface area contributed by atoms with Crippen molar-refractivity contribution in [2.45, 2.75) is 53.2 Å². The molecule has 0 aromatic rings. The Hall–Kier alpha value is 0.260. The number of hydrogen-bond acceptors (Lipinski definition) is 10. The third-order valence-electron chi connectivity index (χ3n) is 3.75. The molecule has 14 heteroatoms. The Labute approximate surface area is 197 Å². The lowest BCUT2D eigenvalue weighted by Gasteiger charge is -2.23. The molecule has 0 saturated carbocycles. The van der Waals surface area contributed by atoms with Crippen molar-refractivity contribution in [2.75, 3.05) is 39.3 Å². The molecule has 0 aromatic heterocycles. The van der Waals surface area contributed by atoms with Crippen molar-refractivity contribution in [3.8, 4) is 0 Å². The van der Waals surface area contributed by atoms with E-state index in [0.29, 0.717) is 25.4 Å². The fourth-order valence-corrected chi connectivity index (χ4v) is 4.27. The number of ether oxygens (including phenoxy) is 4. The van der Waals surface area contributed by atoms with Gasteiger partial charge in [-0.15, -0.1) is 0 Å². The van der Waals surface area contributed by atoms with Crippen molar-refractivity contribution < 1.29 is 38.3 Å². The molecule has 1 saturated heterocycles. The standard InChI is InChI=1S/C8H15O4PS2.C6H9O4PS2.2CH4/c1-4-8(2,11-3)7(9)12-5-6-13(10)15-14;1-6(4-10-6)5(7)9-2-3-11(8)13-12;;/h4-6H2,1-3H3;2-4H2,1H3;2*1H4. The highest BCUT2D eigenvalue weighted by atomic mass is 32.9. The molecule has 4 atom stereocenters. The molecule has 8 nitrogen and oxygen atoms in total. The largest absolute Gasteiger partial charge is 0.620 e. The molecule has 1 aliphatic heterocycles. The zero-order valence-electron chi connectivity index (χ0n) is 16.0. The third kappa shape index (κ3) is 13.6. The van der Waals surface area contributed by atoms with E-state index in [1.807, 2.05) is 6.92 Å². The molecular formula is C16H32O8P2S4. The average Bonchev–Trinajstić information content (AvgIpc) is 3.45. The number of carbonyl (C=O) groups is 2. The number of rotatable bonds is 10. The molecule has 0 radical (unpaired) electrons. The van der Waals surface area contributed by atoms with Crippen LogP contribution in [0.3, 0.4) is 0 Å². The summed E-state index contributed by atoms with van der Waals surface area (Å²) in [7, 11) is 3.20. The smallest absolute Gasteiger partial charge is 0.340 e. The van der Waals surface area contributed by atoms with Gasteiger partial charge < -0.3 is 28.7 Å². The average molecular weight is 543 g/mol. The molecule has 1 rings (SSSR count). The van der Waals surface area contributed by atoms with Gasteiger partial charge in [-0.25, -0.2) is 9.59 Å². The molecule has 0 bridgehead atoms. The van der Waals surface area contributed by atoms with Crippen LogP contribution in [0.4, 0.5) is 0 Å². The molecular weight excluding hydrogens is 510 g/mol. The Kier molecular flexibility index (Phi) is 20.7. The van der Waals surface area contributed by atoms with Crippen LogP contribution < -0.4 is 9.79 Å². The summed E-state index contributed by atoms with van der Waals surface area (Å²) in [6.07, 6.45) is 1.13. The lowest BCUT2D eigenvalue weighted by atomic mass is 10.0. The van der Waals surface area contributed by atoms with E-state index in [-0.39, 0.29) is 34.0 Å². The Morgan fingerprint density at radius 1 is 1.13 bits per heavy atom.